The number of hydrogen-bond acceptors (Lipinski definition) is 2. The van der Waals surface area contributed by atoms with Crippen LogP contribution in [0.1, 0.15) is 20.7 Å². The lowest BCUT2D eigenvalue weighted by Gasteiger charge is -2.03. The third-order valence-corrected chi connectivity index (χ3v) is 2.05. The minimum absolute atomic E-state index is 0.146. The molecule has 1 aromatic carbocycles. The summed E-state index contributed by atoms with van der Waals surface area (Å²) in [6.45, 7) is 0. The number of amides is 2. The van der Waals surface area contributed by atoms with Gasteiger partial charge in [0.05, 0.1) is 10.6 Å². The number of nitrogens with two attached hydrogens (primary N) is 1. The summed E-state index contributed by atoms with van der Waals surface area (Å²) in [4.78, 5) is 22.1. The highest BCUT2D eigenvalue weighted by molar-refractivity contribution is 6.34. The smallest absolute Gasteiger partial charge is 0.251 e. The molecule has 0 radical (unpaired) electrons. The summed E-state index contributed by atoms with van der Waals surface area (Å²) >= 11 is 5.71. The van der Waals surface area contributed by atoms with E-state index < -0.39 is 5.91 Å². The lowest BCUT2D eigenvalue weighted by molar-refractivity contribution is 0.0963. The first-order valence-electron chi connectivity index (χ1n) is 3.87. The van der Waals surface area contributed by atoms with Gasteiger partial charge in [0.25, 0.3) is 5.91 Å². The summed E-state index contributed by atoms with van der Waals surface area (Å²) < 4.78 is 0. The molecule has 0 bridgehead atoms. The molecule has 5 heteroatoms. The Labute approximate surface area is 86.0 Å². The van der Waals surface area contributed by atoms with E-state index in [-0.39, 0.29) is 16.5 Å². The highest BCUT2D eigenvalue weighted by atomic mass is 35.5. The standard InChI is InChI=1S/C9H9ClN2O2/c1-12-9(14)5-2-3-7(10)6(4-5)8(11)13/h2-4H,1H3,(H2,11,13)(H,12,14). The van der Waals surface area contributed by atoms with Crippen LogP contribution in [-0.4, -0.2) is 18.9 Å². The van der Waals surface area contributed by atoms with Gasteiger partial charge in [-0.25, -0.2) is 0 Å². The summed E-state index contributed by atoms with van der Waals surface area (Å²) in [6, 6.07) is 4.35. The Kier molecular flexibility index (Phi) is 3.09. The molecule has 0 saturated heterocycles. The molecule has 0 aromatic heterocycles. The van der Waals surface area contributed by atoms with Crippen LogP contribution in [0.5, 0.6) is 0 Å². The van der Waals surface area contributed by atoms with E-state index in [1.165, 1.54) is 25.2 Å². The average molecular weight is 213 g/mol. The zero-order valence-electron chi connectivity index (χ0n) is 7.50. The molecule has 4 nitrogen and oxygen atoms in total. The van der Waals surface area contributed by atoms with E-state index in [4.69, 9.17) is 17.3 Å². The first-order chi connectivity index (χ1) is 6.56. The molecule has 3 N–H and O–H groups in total. The predicted molar refractivity (Wildman–Crippen MR) is 53.4 cm³/mol. The van der Waals surface area contributed by atoms with Crippen LogP contribution in [0.4, 0.5) is 0 Å². The maximum Gasteiger partial charge on any atom is 0.251 e. The van der Waals surface area contributed by atoms with Gasteiger partial charge in [-0.3, -0.25) is 9.59 Å². The molecular weight excluding hydrogens is 204 g/mol. The van der Waals surface area contributed by atoms with E-state index in [1.807, 2.05) is 0 Å². The Hall–Kier alpha value is -1.55. The Morgan fingerprint density at radius 1 is 1.43 bits per heavy atom. The Morgan fingerprint density at radius 2 is 2.07 bits per heavy atom. The van der Waals surface area contributed by atoms with E-state index in [9.17, 15) is 9.59 Å². The summed E-state index contributed by atoms with van der Waals surface area (Å²) in [5, 5.41) is 2.67. The SMILES string of the molecule is CNC(=O)c1ccc(Cl)c(C(N)=O)c1. The van der Waals surface area contributed by atoms with Gasteiger partial charge < -0.3 is 11.1 Å². The number of carbonyl (C=O) groups excluding carboxylic acids is 2. The van der Waals surface area contributed by atoms with E-state index >= 15 is 0 Å². The molecule has 1 aromatic rings. The molecular formula is C9H9ClN2O2. The Bertz CT molecular complexity index is 390. The second-order valence-electron chi connectivity index (χ2n) is 2.64. The molecule has 0 fully saturated rings. The predicted octanol–water partition coefficient (Wildman–Crippen LogP) is 0.799. The van der Waals surface area contributed by atoms with Crippen molar-refractivity contribution in [2.45, 2.75) is 0 Å². The van der Waals surface area contributed by atoms with Crippen molar-refractivity contribution >= 4 is 23.4 Å². The Morgan fingerprint density at radius 3 is 2.57 bits per heavy atom. The molecule has 0 aliphatic rings. The highest BCUT2D eigenvalue weighted by Crippen LogP contribution is 2.16. The molecule has 0 atom stereocenters. The van der Waals surface area contributed by atoms with Crippen LogP contribution in [-0.2, 0) is 0 Å². The number of primary amides is 1. The van der Waals surface area contributed by atoms with Crippen molar-refractivity contribution < 1.29 is 9.59 Å². The van der Waals surface area contributed by atoms with Gasteiger partial charge in [-0.2, -0.15) is 0 Å². The number of benzene rings is 1. The van der Waals surface area contributed by atoms with Crippen LogP contribution in [0.15, 0.2) is 18.2 Å². The number of carbonyl (C=O) groups is 2. The average Bonchev–Trinajstić information content (AvgIpc) is 2.17. The second kappa shape index (κ2) is 4.11. The van der Waals surface area contributed by atoms with E-state index in [1.54, 1.807) is 0 Å². The Balaban J connectivity index is 3.19. The molecule has 0 spiro atoms. The quantitative estimate of drug-likeness (QED) is 0.761. The maximum atomic E-state index is 11.2. The van der Waals surface area contributed by atoms with Gasteiger partial charge >= 0.3 is 0 Å². The zero-order chi connectivity index (χ0) is 10.7. The van der Waals surface area contributed by atoms with Gasteiger partial charge in [-0.1, -0.05) is 11.6 Å². The van der Waals surface area contributed by atoms with Gasteiger partial charge in [-0.15, -0.1) is 0 Å². The lowest BCUT2D eigenvalue weighted by atomic mass is 10.1. The molecule has 1 rings (SSSR count). The van der Waals surface area contributed by atoms with Crippen molar-refractivity contribution in [2.24, 2.45) is 5.73 Å². The van der Waals surface area contributed by atoms with Crippen molar-refractivity contribution in [3.63, 3.8) is 0 Å². The van der Waals surface area contributed by atoms with E-state index in [2.05, 4.69) is 5.32 Å². The molecule has 74 valence electrons. The number of rotatable bonds is 2. The zero-order valence-corrected chi connectivity index (χ0v) is 8.26. The van der Waals surface area contributed by atoms with Crippen LogP contribution >= 0.6 is 11.6 Å². The summed E-state index contributed by atoms with van der Waals surface area (Å²) in [6.07, 6.45) is 0. The van der Waals surface area contributed by atoms with E-state index in [0.29, 0.717) is 5.56 Å². The maximum absolute atomic E-state index is 11.2. The minimum atomic E-state index is -0.652. The fourth-order valence-electron chi connectivity index (χ4n) is 1.000. The fourth-order valence-corrected chi connectivity index (χ4v) is 1.21. The minimum Gasteiger partial charge on any atom is -0.366 e. The van der Waals surface area contributed by atoms with Crippen LogP contribution in [0.3, 0.4) is 0 Å². The van der Waals surface area contributed by atoms with Gasteiger partial charge in [0.15, 0.2) is 0 Å². The van der Waals surface area contributed by atoms with Gasteiger partial charge in [0.2, 0.25) is 5.91 Å². The van der Waals surface area contributed by atoms with Crippen molar-refractivity contribution in [3.05, 3.63) is 34.3 Å². The van der Waals surface area contributed by atoms with Crippen LogP contribution in [0, 0.1) is 0 Å². The summed E-state index contributed by atoms with van der Waals surface area (Å²) in [7, 11) is 1.50. The second-order valence-corrected chi connectivity index (χ2v) is 3.05. The largest absolute Gasteiger partial charge is 0.366 e. The van der Waals surface area contributed by atoms with Crippen molar-refractivity contribution in [2.75, 3.05) is 7.05 Å². The molecule has 0 saturated carbocycles. The van der Waals surface area contributed by atoms with Gasteiger partial charge in [0, 0.05) is 12.6 Å². The van der Waals surface area contributed by atoms with Crippen molar-refractivity contribution in [1.82, 2.24) is 5.32 Å². The van der Waals surface area contributed by atoms with Gasteiger partial charge in [-0.05, 0) is 18.2 Å². The first kappa shape index (κ1) is 10.5. The highest BCUT2D eigenvalue weighted by Gasteiger charge is 2.10. The summed E-state index contributed by atoms with van der Waals surface area (Å²) in [5.74, 6) is -0.940. The monoisotopic (exact) mass is 212 g/mol. The third-order valence-electron chi connectivity index (χ3n) is 1.72. The van der Waals surface area contributed by atoms with Crippen LogP contribution in [0.2, 0.25) is 5.02 Å². The van der Waals surface area contributed by atoms with E-state index in [0.717, 1.165) is 0 Å². The molecule has 0 heterocycles. The molecule has 0 aliphatic heterocycles. The molecule has 14 heavy (non-hydrogen) atoms. The van der Waals surface area contributed by atoms with Gasteiger partial charge in [0.1, 0.15) is 0 Å². The lowest BCUT2D eigenvalue weighted by Crippen LogP contribution is -2.19. The summed E-state index contributed by atoms with van der Waals surface area (Å²) in [5.41, 5.74) is 5.57. The number of halogens is 1. The van der Waals surface area contributed by atoms with Crippen LogP contribution < -0.4 is 11.1 Å². The molecule has 0 aliphatic carbocycles. The molecule has 2 amide bonds. The van der Waals surface area contributed by atoms with Crippen LogP contribution in [0.25, 0.3) is 0 Å². The third kappa shape index (κ3) is 2.03. The fraction of sp³-hybridized carbons (Fsp3) is 0.111. The topological polar surface area (TPSA) is 72.2 Å². The van der Waals surface area contributed by atoms with Crippen molar-refractivity contribution in [1.29, 1.82) is 0 Å². The first-order valence-corrected chi connectivity index (χ1v) is 4.25. The normalized spacial score (nSPS) is 9.57. The number of hydrogen-bond donors (Lipinski definition) is 2. The molecule has 0 unspecified atom stereocenters. The number of nitrogens with one attached hydrogen (secondary N) is 1. The van der Waals surface area contributed by atoms with Crippen molar-refractivity contribution in [3.8, 4) is 0 Å².